The van der Waals surface area contributed by atoms with Crippen LogP contribution in [0.2, 0.25) is 0 Å². The molecule has 36 heavy (non-hydrogen) atoms. The molecule has 2 N–H and O–H groups in total. The molecule has 1 aliphatic heterocycles. The fourth-order valence-electron chi connectivity index (χ4n) is 4.60. The summed E-state index contributed by atoms with van der Waals surface area (Å²) in [5.41, 5.74) is 4.40. The first kappa shape index (κ1) is 25.6. The highest BCUT2D eigenvalue weighted by atomic mass is 79.9. The van der Waals surface area contributed by atoms with Crippen LogP contribution in [-0.4, -0.2) is 48.3 Å². The summed E-state index contributed by atoms with van der Waals surface area (Å²) in [6.45, 7) is 1.01. The lowest BCUT2D eigenvalue weighted by atomic mass is 10.0. The zero-order valence-corrected chi connectivity index (χ0v) is 21.6. The molecule has 0 bridgehead atoms. The van der Waals surface area contributed by atoms with Gasteiger partial charge in [0.2, 0.25) is 18.2 Å². The molecule has 2 atom stereocenters. The van der Waals surface area contributed by atoms with Gasteiger partial charge >= 0.3 is 0 Å². The van der Waals surface area contributed by atoms with Gasteiger partial charge in [0.1, 0.15) is 12.1 Å². The summed E-state index contributed by atoms with van der Waals surface area (Å²) in [7, 11) is 0. The molecule has 3 aromatic carbocycles. The molecule has 1 saturated heterocycles. The van der Waals surface area contributed by atoms with Crippen LogP contribution in [0.25, 0.3) is 11.1 Å². The molecule has 186 valence electrons. The molecule has 7 heteroatoms. The molecule has 0 spiro atoms. The van der Waals surface area contributed by atoms with E-state index in [1.54, 1.807) is 4.90 Å². The Morgan fingerprint density at radius 2 is 1.61 bits per heavy atom. The van der Waals surface area contributed by atoms with Crippen molar-refractivity contribution in [2.45, 2.75) is 37.8 Å². The molecular formula is C29H30BrN3O3. The number of hydrogen-bond acceptors (Lipinski definition) is 3. The van der Waals surface area contributed by atoms with Crippen LogP contribution < -0.4 is 10.6 Å². The number of amides is 3. The van der Waals surface area contributed by atoms with Crippen LogP contribution in [0.1, 0.15) is 24.0 Å². The second-order valence-electron chi connectivity index (χ2n) is 8.96. The van der Waals surface area contributed by atoms with E-state index in [1.807, 2.05) is 42.5 Å². The Hall–Kier alpha value is -3.45. The normalized spacial score (nSPS) is 15.8. The molecular weight excluding hydrogens is 518 g/mol. The van der Waals surface area contributed by atoms with Crippen molar-refractivity contribution < 1.29 is 14.4 Å². The first-order valence-electron chi connectivity index (χ1n) is 12.2. The summed E-state index contributed by atoms with van der Waals surface area (Å²) in [4.78, 5) is 39.1. The molecule has 0 radical (unpaired) electrons. The second-order valence-corrected chi connectivity index (χ2v) is 9.88. The van der Waals surface area contributed by atoms with Crippen LogP contribution in [0.3, 0.4) is 0 Å². The Kier molecular flexibility index (Phi) is 8.90. The summed E-state index contributed by atoms with van der Waals surface area (Å²) in [5, 5.41) is 5.65. The van der Waals surface area contributed by atoms with Gasteiger partial charge in [0, 0.05) is 24.0 Å². The van der Waals surface area contributed by atoms with Crippen molar-refractivity contribution in [3.8, 4) is 11.1 Å². The van der Waals surface area contributed by atoms with Gasteiger partial charge in [-0.2, -0.15) is 0 Å². The summed E-state index contributed by atoms with van der Waals surface area (Å²) in [6, 6.07) is 25.0. The molecule has 0 aromatic heterocycles. The van der Waals surface area contributed by atoms with Crippen molar-refractivity contribution in [1.29, 1.82) is 0 Å². The van der Waals surface area contributed by atoms with E-state index in [4.69, 9.17) is 0 Å². The highest BCUT2D eigenvalue weighted by Crippen LogP contribution is 2.21. The number of benzene rings is 3. The van der Waals surface area contributed by atoms with Gasteiger partial charge in [0.25, 0.3) is 0 Å². The lowest BCUT2D eigenvalue weighted by Crippen LogP contribution is -2.53. The Labute approximate surface area is 220 Å². The van der Waals surface area contributed by atoms with Gasteiger partial charge in [-0.05, 0) is 53.6 Å². The Morgan fingerprint density at radius 1 is 0.944 bits per heavy atom. The number of likely N-dealkylation sites (tertiary alicyclic amines) is 1. The maximum Gasteiger partial charge on any atom is 0.246 e. The Morgan fingerprint density at radius 3 is 2.31 bits per heavy atom. The van der Waals surface area contributed by atoms with Crippen LogP contribution in [-0.2, 0) is 27.2 Å². The van der Waals surface area contributed by atoms with E-state index < -0.39 is 12.1 Å². The molecule has 6 nitrogen and oxygen atoms in total. The van der Waals surface area contributed by atoms with Crippen molar-refractivity contribution >= 4 is 34.2 Å². The zero-order chi connectivity index (χ0) is 25.3. The molecule has 1 unspecified atom stereocenters. The molecule has 4 rings (SSSR count). The van der Waals surface area contributed by atoms with Gasteiger partial charge in [-0.1, -0.05) is 82.7 Å². The van der Waals surface area contributed by atoms with Crippen molar-refractivity contribution in [1.82, 2.24) is 15.5 Å². The summed E-state index contributed by atoms with van der Waals surface area (Å²) < 4.78 is 0.945. The third kappa shape index (κ3) is 6.61. The molecule has 3 aromatic rings. The molecule has 1 fully saturated rings. The van der Waals surface area contributed by atoms with E-state index in [9.17, 15) is 14.4 Å². The van der Waals surface area contributed by atoms with E-state index in [2.05, 4.69) is 63.0 Å². The molecule has 0 saturated carbocycles. The van der Waals surface area contributed by atoms with E-state index in [0.717, 1.165) is 27.6 Å². The third-order valence-corrected chi connectivity index (χ3v) is 7.06. The van der Waals surface area contributed by atoms with E-state index in [1.165, 1.54) is 5.56 Å². The fourth-order valence-corrected chi connectivity index (χ4v) is 4.87. The fraction of sp³-hybridized carbons (Fsp3) is 0.276. The largest absolute Gasteiger partial charge is 0.354 e. The molecule has 3 amide bonds. The van der Waals surface area contributed by atoms with Crippen molar-refractivity contribution in [3.63, 3.8) is 0 Å². The topological polar surface area (TPSA) is 78.5 Å². The maximum atomic E-state index is 13.3. The number of hydrogen-bond donors (Lipinski definition) is 2. The number of nitrogens with one attached hydrogen (secondary N) is 2. The average molecular weight is 548 g/mol. The van der Waals surface area contributed by atoms with E-state index >= 15 is 0 Å². The van der Waals surface area contributed by atoms with Crippen LogP contribution in [0.15, 0.2) is 83.3 Å². The van der Waals surface area contributed by atoms with Crippen molar-refractivity contribution in [2.24, 2.45) is 0 Å². The monoisotopic (exact) mass is 547 g/mol. The number of nitrogens with zero attached hydrogens (tertiary/aromatic N) is 1. The molecule has 0 aliphatic carbocycles. The SMILES string of the molecule is O=CNC(Cc1ccc(Br)cc1)C(=O)N1CCC[C@H]1C(=O)NCCc1ccc(-c2ccccc2)cc1. The van der Waals surface area contributed by atoms with Gasteiger partial charge in [-0.3, -0.25) is 14.4 Å². The van der Waals surface area contributed by atoms with Crippen molar-refractivity contribution in [3.05, 3.63) is 94.5 Å². The quantitative estimate of drug-likeness (QED) is 0.375. The summed E-state index contributed by atoms with van der Waals surface area (Å²) >= 11 is 3.41. The third-order valence-electron chi connectivity index (χ3n) is 6.53. The second kappa shape index (κ2) is 12.5. The summed E-state index contributed by atoms with van der Waals surface area (Å²) in [6.07, 6.45) is 3.01. The van der Waals surface area contributed by atoms with Gasteiger partial charge in [0.05, 0.1) is 0 Å². The zero-order valence-electron chi connectivity index (χ0n) is 20.0. The number of carbonyl (C=O) groups is 3. The first-order chi connectivity index (χ1) is 17.5. The predicted octanol–water partition coefficient (Wildman–Crippen LogP) is 4.12. The number of halogens is 1. The first-order valence-corrected chi connectivity index (χ1v) is 13.0. The number of carbonyl (C=O) groups excluding carboxylic acids is 3. The van der Waals surface area contributed by atoms with Gasteiger partial charge in [-0.15, -0.1) is 0 Å². The highest BCUT2D eigenvalue weighted by molar-refractivity contribution is 9.10. The molecule has 1 heterocycles. The van der Waals surface area contributed by atoms with Crippen molar-refractivity contribution in [2.75, 3.05) is 13.1 Å². The van der Waals surface area contributed by atoms with E-state index in [0.29, 0.717) is 38.8 Å². The standard InChI is InChI=1S/C29H30BrN3O3/c30-25-14-10-22(11-15-25)19-26(32-20-34)29(36)33-18-4-7-27(33)28(35)31-17-16-21-8-12-24(13-9-21)23-5-2-1-3-6-23/h1-3,5-6,8-15,20,26-27H,4,7,16-19H2,(H,31,35)(H,32,34)/t26?,27-/m0/s1. The van der Waals surface area contributed by atoms with Gasteiger partial charge in [-0.25, -0.2) is 0 Å². The smallest absolute Gasteiger partial charge is 0.246 e. The Bertz CT molecular complexity index is 1170. The minimum atomic E-state index is -0.708. The van der Waals surface area contributed by atoms with Gasteiger partial charge in [0.15, 0.2) is 0 Å². The lowest BCUT2D eigenvalue weighted by molar-refractivity contribution is -0.140. The Balaban J connectivity index is 1.31. The molecule has 1 aliphatic rings. The van der Waals surface area contributed by atoms with Crippen LogP contribution in [0.4, 0.5) is 0 Å². The van der Waals surface area contributed by atoms with Gasteiger partial charge < -0.3 is 15.5 Å². The minimum absolute atomic E-state index is 0.143. The number of rotatable bonds is 10. The minimum Gasteiger partial charge on any atom is -0.354 e. The van der Waals surface area contributed by atoms with E-state index in [-0.39, 0.29) is 11.8 Å². The van der Waals surface area contributed by atoms with Crippen LogP contribution in [0.5, 0.6) is 0 Å². The predicted molar refractivity (Wildman–Crippen MR) is 144 cm³/mol. The average Bonchev–Trinajstić information content (AvgIpc) is 3.40. The van der Waals surface area contributed by atoms with Crippen LogP contribution >= 0.6 is 15.9 Å². The van der Waals surface area contributed by atoms with Crippen LogP contribution in [0, 0.1) is 0 Å². The summed E-state index contributed by atoms with van der Waals surface area (Å²) in [5.74, 6) is -0.366. The lowest BCUT2D eigenvalue weighted by Gasteiger charge is -2.28. The maximum absolute atomic E-state index is 13.3. The highest BCUT2D eigenvalue weighted by Gasteiger charge is 2.37.